The molecule has 0 spiro atoms. The molecule has 1 N–H and O–H groups in total. The van der Waals surface area contributed by atoms with Gasteiger partial charge < -0.3 is 5.32 Å². The lowest BCUT2D eigenvalue weighted by Crippen LogP contribution is -2.15. The number of nitrogens with zero attached hydrogens (tertiary/aromatic N) is 2. The molecule has 6 heteroatoms. The Kier molecular flexibility index (Phi) is 6.91. The van der Waals surface area contributed by atoms with Crippen LogP contribution in [0.5, 0.6) is 0 Å². The Morgan fingerprint density at radius 3 is 2.19 bits per heavy atom. The molecule has 2 rings (SSSR count). The van der Waals surface area contributed by atoms with Gasteiger partial charge in [0.1, 0.15) is 0 Å². The first-order valence-corrected chi connectivity index (χ1v) is 9.62. The van der Waals surface area contributed by atoms with Gasteiger partial charge in [-0.3, -0.25) is 9.59 Å². The van der Waals surface area contributed by atoms with Crippen LogP contribution in [0.2, 0.25) is 0 Å². The van der Waals surface area contributed by atoms with Crippen molar-refractivity contribution in [1.29, 1.82) is 0 Å². The van der Waals surface area contributed by atoms with E-state index in [1.54, 1.807) is 24.3 Å². The molecule has 1 amide bonds. The van der Waals surface area contributed by atoms with Crippen LogP contribution in [-0.2, 0) is 4.79 Å². The van der Waals surface area contributed by atoms with Gasteiger partial charge in [-0.2, -0.15) is 0 Å². The Morgan fingerprint density at radius 2 is 1.65 bits per heavy atom. The molecule has 26 heavy (non-hydrogen) atoms. The Hall–Kier alpha value is -2.21. The van der Waals surface area contributed by atoms with Crippen LogP contribution >= 0.6 is 11.8 Å². The minimum Gasteiger partial charge on any atom is -0.326 e. The highest BCUT2D eigenvalue weighted by molar-refractivity contribution is 8.00. The largest absolute Gasteiger partial charge is 0.326 e. The number of aryl methyl sites for hydroxylation is 2. The van der Waals surface area contributed by atoms with E-state index in [1.165, 1.54) is 11.8 Å². The van der Waals surface area contributed by atoms with Crippen molar-refractivity contribution in [2.75, 3.05) is 5.32 Å². The number of benzene rings is 1. The summed E-state index contributed by atoms with van der Waals surface area (Å²) in [7, 11) is 0. The van der Waals surface area contributed by atoms with Gasteiger partial charge in [-0.1, -0.05) is 18.7 Å². The number of hydrogen-bond donors (Lipinski definition) is 1. The number of carbonyl (C=O) groups excluding carboxylic acids is 2. The smallest absolute Gasteiger partial charge is 0.224 e. The van der Waals surface area contributed by atoms with Crippen molar-refractivity contribution in [3.05, 3.63) is 46.8 Å². The molecule has 0 aliphatic carbocycles. The van der Waals surface area contributed by atoms with E-state index in [2.05, 4.69) is 15.3 Å². The maximum Gasteiger partial charge on any atom is 0.224 e. The fraction of sp³-hybridized carbons (Fsp3) is 0.400. The summed E-state index contributed by atoms with van der Waals surface area (Å²) < 4.78 is 0. The number of hydrogen-bond acceptors (Lipinski definition) is 5. The second-order valence-corrected chi connectivity index (χ2v) is 7.61. The number of anilines is 1. The van der Waals surface area contributed by atoms with Crippen LogP contribution in [-0.4, -0.2) is 26.9 Å². The molecule has 0 aliphatic rings. The number of nitrogens with one attached hydrogen (secondary N) is 1. The zero-order chi connectivity index (χ0) is 19.3. The van der Waals surface area contributed by atoms with Gasteiger partial charge >= 0.3 is 0 Å². The lowest BCUT2D eigenvalue weighted by atomic mass is 10.1. The number of ketones is 1. The number of carbonyl (C=O) groups is 2. The Bertz CT molecular complexity index is 780. The highest BCUT2D eigenvalue weighted by Crippen LogP contribution is 2.25. The van der Waals surface area contributed by atoms with Crippen LogP contribution in [0.25, 0.3) is 0 Å². The standard InChI is InChI=1S/C20H25N3O2S/c1-6-7-18(24)23-17-10-8-16(9-11-17)19(25)15(5)26-20-21-13(3)12(2)14(4)22-20/h8-11,15H,6-7H2,1-5H3,(H,23,24)/t15-/m0/s1. The van der Waals surface area contributed by atoms with Crippen molar-refractivity contribution in [3.8, 4) is 0 Å². The topological polar surface area (TPSA) is 72.0 Å². The average molecular weight is 372 g/mol. The fourth-order valence-electron chi connectivity index (χ4n) is 2.41. The molecule has 1 aromatic carbocycles. The highest BCUT2D eigenvalue weighted by atomic mass is 32.2. The molecule has 1 aromatic heterocycles. The molecule has 0 radical (unpaired) electrons. The molecular weight excluding hydrogens is 346 g/mol. The maximum atomic E-state index is 12.7. The third-order valence-corrected chi connectivity index (χ3v) is 5.15. The minimum atomic E-state index is -0.294. The third kappa shape index (κ3) is 5.14. The molecule has 0 aliphatic heterocycles. The van der Waals surface area contributed by atoms with Crippen molar-refractivity contribution in [1.82, 2.24) is 9.97 Å². The first-order valence-electron chi connectivity index (χ1n) is 8.74. The first-order chi connectivity index (χ1) is 12.3. The SMILES string of the molecule is CCCC(=O)Nc1ccc(C(=O)[C@H](C)Sc2nc(C)c(C)c(C)n2)cc1. The van der Waals surface area contributed by atoms with Crippen molar-refractivity contribution < 1.29 is 9.59 Å². The molecule has 0 bridgehead atoms. The Morgan fingerprint density at radius 1 is 1.08 bits per heavy atom. The minimum absolute atomic E-state index is 0.0147. The molecule has 0 saturated heterocycles. The Balaban J connectivity index is 2.05. The van der Waals surface area contributed by atoms with E-state index in [9.17, 15) is 9.59 Å². The number of aromatic nitrogens is 2. The number of rotatable bonds is 7. The lowest BCUT2D eigenvalue weighted by Gasteiger charge is -2.12. The second kappa shape index (κ2) is 8.94. The summed E-state index contributed by atoms with van der Waals surface area (Å²) in [6.45, 7) is 9.71. The average Bonchev–Trinajstić information content (AvgIpc) is 2.59. The van der Waals surface area contributed by atoms with E-state index >= 15 is 0 Å². The molecule has 0 fully saturated rings. The first kappa shape index (κ1) is 20.1. The normalized spacial score (nSPS) is 11.9. The van der Waals surface area contributed by atoms with Crippen molar-refractivity contribution in [3.63, 3.8) is 0 Å². The van der Waals surface area contributed by atoms with Crippen LogP contribution in [0.3, 0.4) is 0 Å². The lowest BCUT2D eigenvalue weighted by molar-refractivity contribution is -0.116. The molecule has 2 aromatic rings. The van der Waals surface area contributed by atoms with Crippen LogP contribution in [0.4, 0.5) is 5.69 Å². The molecule has 5 nitrogen and oxygen atoms in total. The Labute approximate surface area is 159 Å². The molecule has 1 atom stereocenters. The van der Waals surface area contributed by atoms with Gasteiger partial charge in [0.05, 0.1) is 5.25 Å². The van der Waals surface area contributed by atoms with E-state index in [0.717, 1.165) is 23.4 Å². The quantitative estimate of drug-likeness (QED) is 0.441. The summed E-state index contributed by atoms with van der Waals surface area (Å²) in [5.74, 6) is -0.00123. The monoisotopic (exact) mass is 371 g/mol. The summed E-state index contributed by atoms with van der Waals surface area (Å²) in [4.78, 5) is 33.2. The van der Waals surface area contributed by atoms with Crippen LogP contribution < -0.4 is 5.32 Å². The maximum absolute atomic E-state index is 12.7. The predicted octanol–water partition coefficient (Wildman–Crippen LogP) is 4.50. The molecule has 0 saturated carbocycles. The third-order valence-electron chi connectivity index (χ3n) is 4.19. The van der Waals surface area contributed by atoms with E-state index < -0.39 is 0 Å². The van der Waals surface area contributed by atoms with Gasteiger partial charge in [0.15, 0.2) is 10.9 Å². The summed E-state index contributed by atoms with van der Waals surface area (Å²) in [6.07, 6.45) is 1.29. The van der Waals surface area contributed by atoms with Crippen LogP contribution in [0, 0.1) is 20.8 Å². The molecule has 138 valence electrons. The summed E-state index contributed by atoms with van der Waals surface area (Å²) in [5, 5.41) is 3.15. The van der Waals surface area contributed by atoms with E-state index in [1.807, 2.05) is 34.6 Å². The van der Waals surface area contributed by atoms with E-state index in [0.29, 0.717) is 22.8 Å². The number of amides is 1. The number of thioether (sulfide) groups is 1. The number of Topliss-reactive ketones (excluding diaryl/α,β-unsaturated/α-hetero) is 1. The van der Waals surface area contributed by atoms with Gasteiger partial charge in [0.2, 0.25) is 5.91 Å². The van der Waals surface area contributed by atoms with E-state index in [4.69, 9.17) is 0 Å². The second-order valence-electron chi connectivity index (χ2n) is 6.30. The summed E-state index contributed by atoms with van der Waals surface area (Å²) >= 11 is 1.36. The molecular formula is C20H25N3O2S. The molecule has 1 heterocycles. The van der Waals surface area contributed by atoms with Gasteiger partial charge in [-0.15, -0.1) is 0 Å². The van der Waals surface area contributed by atoms with Crippen molar-refractivity contribution >= 4 is 29.1 Å². The summed E-state index contributed by atoms with van der Waals surface area (Å²) in [6, 6.07) is 7.00. The van der Waals surface area contributed by atoms with Crippen molar-refractivity contribution in [2.45, 2.75) is 57.9 Å². The zero-order valence-electron chi connectivity index (χ0n) is 15.9. The van der Waals surface area contributed by atoms with Crippen LogP contribution in [0.1, 0.15) is 54.0 Å². The summed E-state index contributed by atoms with van der Waals surface area (Å²) in [5.41, 5.74) is 4.26. The highest BCUT2D eigenvalue weighted by Gasteiger charge is 2.19. The van der Waals surface area contributed by atoms with Gasteiger partial charge in [0.25, 0.3) is 0 Å². The van der Waals surface area contributed by atoms with E-state index in [-0.39, 0.29) is 16.9 Å². The van der Waals surface area contributed by atoms with Crippen molar-refractivity contribution in [2.24, 2.45) is 0 Å². The molecule has 0 unspecified atom stereocenters. The fourth-order valence-corrected chi connectivity index (χ4v) is 3.35. The van der Waals surface area contributed by atoms with Crippen LogP contribution in [0.15, 0.2) is 29.4 Å². The predicted molar refractivity (Wildman–Crippen MR) is 106 cm³/mol. The van der Waals surface area contributed by atoms with Gasteiger partial charge in [-0.05, 0) is 63.9 Å². The zero-order valence-corrected chi connectivity index (χ0v) is 16.7. The van der Waals surface area contributed by atoms with Gasteiger partial charge in [0, 0.05) is 29.1 Å². The van der Waals surface area contributed by atoms with Gasteiger partial charge in [-0.25, -0.2) is 9.97 Å².